The molecule has 0 saturated heterocycles. The van der Waals surface area contributed by atoms with Crippen molar-refractivity contribution in [1.29, 1.82) is 0 Å². The van der Waals surface area contributed by atoms with E-state index in [4.69, 9.17) is 0 Å². The average Bonchev–Trinajstić information content (AvgIpc) is 2.84. The van der Waals surface area contributed by atoms with Crippen LogP contribution >= 0.6 is 11.3 Å². The van der Waals surface area contributed by atoms with Crippen molar-refractivity contribution in [3.05, 3.63) is 34.8 Å². The van der Waals surface area contributed by atoms with Crippen LogP contribution in [0.2, 0.25) is 0 Å². The van der Waals surface area contributed by atoms with Crippen LogP contribution in [0, 0.1) is 6.92 Å². The van der Waals surface area contributed by atoms with Crippen LogP contribution < -0.4 is 0 Å². The second kappa shape index (κ2) is 6.35. The lowest BCUT2D eigenvalue weighted by atomic mass is 10.0. The molecule has 21 heavy (non-hydrogen) atoms. The highest BCUT2D eigenvalue weighted by Crippen LogP contribution is 2.28. The predicted octanol–water partition coefficient (Wildman–Crippen LogP) is 3.77. The molecule has 2 aromatic rings. The topological polar surface area (TPSA) is 46.1 Å². The van der Waals surface area contributed by atoms with Crippen molar-refractivity contribution in [1.82, 2.24) is 15.1 Å². The third-order valence-electron chi connectivity index (χ3n) is 3.26. The molecule has 1 aromatic carbocycles. The molecule has 5 heteroatoms. The number of hydrogen-bond acceptors (Lipinski definition) is 4. The van der Waals surface area contributed by atoms with Gasteiger partial charge in [0.1, 0.15) is 10.0 Å². The van der Waals surface area contributed by atoms with E-state index in [-0.39, 0.29) is 18.0 Å². The van der Waals surface area contributed by atoms with Crippen LogP contribution in [0.25, 0.3) is 10.6 Å². The van der Waals surface area contributed by atoms with Gasteiger partial charge in [0.25, 0.3) is 5.91 Å². The molecule has 1 aromatic heterocycles. The monoisotopic (exact) mass is 303 g/mol. The van der Waals surface area contributed by atoms with E-state index in [0.717, 1.165) is 15.6 Å². The Morgan fingerprint density at radius 3 is 2.24 bits per heavy atom. The minimum absolute atomic E-state index is 0.0449. The van der Waals surface area contributed by atoms with Crippen molar-refractivity contribution in [2.24, 2.45) is 0 Å². The zero-order valence-electron chi connectivity index (χ0n) is 13.1. The van der Waals surface area contributed by atoms with Crippen molar-refractivity contribution in [2.45, 2.75) is 46.7 Å². The molecule has 0 aliphatic rings. The number of benzene rings is 1. The van der Waals surface area contributed by atoms with Crippen molar-refractivity contribution in [2.75, 3.05) is 0 Å². The maximum Gasteiger partial charge on any atom is 0.255 e. The molecule has 0 N–H and O–H groups in total. The Kier molecular flexibility index (Phi) is 4.73. The summed E-state index contributed by atoms with van der Waals surface area (Å²) < 4.78 is 0. The fourth-order valence-corrected chi connectivity index (χ4v) is 3.20. The fraction of sp³-hybridized carbons (Fsp3) is 0.438. The first kappa shape index (κ1) is 15.6. The number of carbonyl (C=O) groups is 1. The summed E-state index contributed by atoms with van der Waals surface area (Å²) in [4.78, 5) is 14.8. The molecule has 1 amide bonds. The summed E-state index contributed by atoms with van der Waals surface area (Å²) in [6, 6.07) is 7.93. The molecular formula is C16H21N3OS. The van der Waals surface area contributed by atoms with Crippen LogP contribution in [0.4, 0.5) is 0 Å². The van der Waals surface area contributed by atoms with Crippen molar-refractivity contribution < 1.29 is 4.79 Å². The van der Waals surface area contributed by atoms with E-state index in [1.807, 2.05) is 63.8 Å². The van der Waals surface area contributed by atoms with Crippen LogP contribution in [0.3, 0.4) is 0 Å². The van der Waals surface area contributed by atoms with Crippen molar-refractivity contribution in [3.8, 4) is 10.6 Å². The van der Waals surface area contributed by atoms with Crippen LogP contribution in [0.5, 0.6) is 0 Å². The summed E-state index contributed by atoms with van der Waals surface area (Å²) in [5.74, 6) is 0.0449. The predicted molar refractivity (Wildman–Crippen MR) is 86.5 cm³/mol. The number of rotatable bonds is 4. The van der Waals surface area contributed by atoms with E-state index in [0.29, 0.717) is 5.56 Å². The van der Waals surface area contributed by atoms with Gasteiger partial charge in [-0.05, 0) is 40.7 Å². The van der Waals surface area contributed by atoms with Gasteiger partial charge in [0, 0.05) is 23.2 Å². The van der Waals surface area contributed by atoms with Gasteiger partial charge in [0.15, 0.2) is 0 Å². The first-order chi connectivity index (χ1) is 9.91. The molecule has 0 aliphatic heterocycles. The number of nitrogens with zero attached hydrogens (tertiary/aromatic N) is 3. The van der Waals surface area contributed by atoms with Gasteiger partial charge in [-0.15, -0.1) is 10.2 Å². The Hall–Kier alpha value is -1.75. The highest BCUT2D eigenvalue weighted by molar-refractivity contribution is 7.14. The quantitative estimate of drug-likeness (QED) is 0.863. The minimum atomic E-state index is 0.0449. The maximum atomic E-state index is 12.9. The summed E-state index contributed by atoms with van der Waals surface area (Å²) in [6.45, 7) is 10.1. The van der Waals surface area contributed by atoms with Gasteiger partial charge >= 0.3 is 0 Å². The second-order valence-corrected chi connectivity index (χ2v) is 6.75. The minimum Gasteiger partial charge on any atom is -0.334 e. The summed E-state index contributed by atoms with van der Waals surface area (Å²) in [6.07, 6.45) is 0. The Morgan fingerprint density at radius 1 is 1.10 bits per heavy atom. The molecule has 0 unspecified atom stereocenters. The van der Waals surface area contributed by atoms with Gasteiger partial charge in [-0.1, -0.05) is 29.5 Å². The second-order valence-electron chi connectivity index (χ2n) is 5.57. The Morgan fingerprint density at radius 2 is 1.71 bits per heavy atom. The van der Waals surface area contributed by atoms with Crippen molar-refractivity contribution in [3.63, 3.8) is 0 Å². The largest absolute Gasteiger partial charge is 0.334 e. The lowest BCUT2D eigenvalue weighted by molar-refractivity contribution is 0.0644. The Balaban J connectivity index is 2.47. The van der Waals surface area contributed by atoms with Crippen LogP contribution in [0.1, 0.15) is 43.1 Å². The smallest absolute Gasteiger partial charge is 0.255 e. The Labute approximate surface area is 129 Å². The molecule has 0 saturated carbocycles. The first-order valence-corrected chi connectivity index (χ1v) is 7.95. The number of carbonyl (C=O) groups excluding carboxylic acids is 1. The zero-order chi connectivity index (χ0) is 15.6. The molecule has 1 heterocycles. The van der Waals surface area contributed by atoms with E-state index < -0.39 is 0 Å². The molecule has 112 valence electrons. The van der Waals surface area contributed by atoms with E-state index >= 15 is 0 Å². The molecule has 2 rings (SSSR count). The lowest BCUT2D eigenvalue weighted by Gasteiger charge is -2.31. The zero-order valence-corrected chi connectivity index (χ0v) is 13.9. The van der Waals surface area contributed by atoms with E-state index in [1.54, 1.807) is 0 Å². The highest BCUT2D eigenvalue weighted by Gasteiger charge is 2.24. The number of aryl methyl sites for hydroxylation is 1. The van der Waals surface area contributed by atoms with E-state index in [2.05, 4.69) is 10.2 Å². The van der Waals surface area contributed by atoms with Gasteiger partial charge in [0.2, 0.25) is 0 Å². The molecule has 0 aliphatic carbocycles. The van der Waals surface area contributed by atoms with Gasteiger partial charge in [-0.3, -0.25) is 4.79 Å². The number of amides is 1. The summed E-state index contributed by atoms with van der Waals surface area (Å²) in [7, 11) is 0. The molecule has 0 bridgehead atoms. The SMILES string of the molecule is Cc1nnc(-c2ccccc2C(=O)N(C(C)C)C(C)C)s1. The van der Waals surface area contributed by atoms with Gasteiger partial charge in [0.05, 0.1) is 0 Å². The summed E-state index contributed by atoms with van der Waals surface area (Å²) in [5, 5.41) is 9.92. The maximum absolute atomic E-state index is 12.9. The molecule has 0 spiro atoms. The first-order valence-electron chi connectivity index (χ1n) is 7.14. The van der Waals surface area contributed by atoms with Crippen molar-refractivity contribution >= 4 is 17.2 Å². The fourth-order valence-electron chi connectivity index (χ4n) is 2.47. The van der Waals surface area contributed by atoms with E-state index in [9.17, 15) is 4.79 Å². The molecule has 0 fully saturated rings. The molecular weight excluding hydrogens is 282 g/mol. The van der Waals surface area contributed by atoms with Gasteiger partial charge in [-0.2, -0.15) is 0 Å². The van der Waals surface area contributed by atoms with Gasteiger partial charge < -0.3 is 4.90 Å². The Bertz CT molecular complexity index is 626. The van der Waals surface area contributed by atoms with Crippen LogP contribution in [0.15, 0.2) is 24.3 Å². The lowest BCUT2D eigenvalue weighted by Crippen LogP contribution is -2.42. The van der Waals surface area contributed by atoms with Gasteiger partial charge in [-0.25, -0.2) is 0 Å². The molecule has 0 atom stereocenters. The average molecular weight is 303 g/mol. The highest BCUT2D eigenvalue weighted by atomic mass is 32.1. The summed E-state index contributed by atoms with van der Waals surface area (Å²) in [5.41, 5.74) is 1.55. The van der Waals surface area contributed by atoms with Crippen LogP contribution in [-0.4, -0.2) is 33.1 Å². The number of hydrogen-bond donors (Lipinski definition) is 0. The third-order valence-corrected chi connectivity index (χ3v) is 4.13. The van der Waals surface area contributed by atoms with Crippen LogP contribution in [-0.2, 0) is 0 Å². The van der Waals surface area contributed by atoms with E-state index in [1.165, 1.54) is 11.3 Å². The normalized spacial score (nSPS) is 11.2. The summed E-state index contributed by atoms with van der Waals surface area (Å²) >= 11 is 1.51. The number of aromatic nitrogens is 2. The molecule has 4 nitrogen and oxygen atoms in total. The standard InChI is InChI=1S/C16H21N3OS/c1-10(2)19(11(3)4)16(20)14-9-7-6-8-13(14)15-18-17-12(5)21-15/h6-11H,1-5H3. The third kappa shape index (κ3) is 3.29. The molecule has 0 radical (unpaired) electrons.